The number of carbonyl (C=O) groups excluding carboxylic acids is 2. The molecule has 1 fully saturated rings. The van der Waals surface area contributed by atoms with Gasteiger partial charge in [-0.15, -0.1) is 11.3 Å². The number of hydrogen-bond donors (Lipinski definition) is 0. The zero-order chi connectivity index (χ0) is 21.8. The molecule has 0 N–H and O–H groups in total. The first-order valence-corrected chi connectivity index (χ1v) is 11.6. The van der Waals surface area contributed by atoms with E-state index < -0.39 is 0 Å². The van der Waals surface area contributed by atoms with Crippen LogP contribution in [0.4, 0.5) is 0 Å². The van der Waals surface area contributed by atoms with E-state index in [1.807, 2.05) is 28.0 Å². The van der Waals surface area contributed by atoms with Crippen LogP contribution in [0.15, 0.2) is 54.0 Å². The molecule has 31 heavy (non-hydrogen) atoms. The lowest BCUT2D eigenvalue weighted by Gasteiger charge is -2.24. The molecule has 0 spiro atoms. The number of aromatic nitrogens is 2. The second-order valence-corrected chi connectivity index (χ2v) is 8.90. The van der Waals surface area contributed by atoms with Gasteiger partial charge in [0.25, 0.3) is 5.91 Å². The highest BCUT2D eigenvalue weighted by atomic mass is 32.1. The third-order valence-corrected chi connectivity index (χ3v) is 6.74. The second-order valence-electron chi connectivity index (χ2n) is 7.95. The lowest BCUT2D eigenvalue weighted by atomic mass is 9.93. The predicted molar refractivity (Wildman–Crippen MR) is 123 cm³/mol. The van der Waals surface area contributed by atoms with Crippen LogP contribution < -0.4 is 0 Å². The van der Waals surface area contributed by atoms with Crippen molar-refractivity contribution in [2.45, 2.75) is 19.8 Å². The molecule has 2 amide bonds. The zero-order valence-electron chi connectivity index (χ0n) is 18.0. The molecule has 4 rings (SSSR count). The molecule has 1 aromatic carbocycles. The van der Waals surface area contributed by atoms with Crippen LogP contribution in [0.2, 0.25) is 0 Å². The predicted octanol–water partition coefficient (Wildman–Crippen LogP) is 3.70. The molecule has 6 nitrogen and oxygen atoms in total. The molecule has 162 valence electrons. The van der Waals surface area contributed by atoms with Crippen LogP contribution in [-0.4, -0.2) is 57.6 Å². The topological polar surface area (TPSA) is 58.4 Å². The van der Waals surface area contributed by atoms with Crippen LogP contribution >= 0.6 is 11.3 Å². The molecule has 1 unspecified atom stereocenters. The maximum atomic E-state index is 13.4. The van der Waals surface area contributed by atoms with Crippen molar-refractivity contribution in [1.29, 1.82) is 0 Å². The molecule has 1 atom stereocenters. The number of benzene rings is 1. The van der Waals surface area contributed by atoms with E-state index >= 15 is 0 Å². The van der Waals surface area contributed by atoms with Crippen molar-refractivity contribution >= 4 is 23.2 Å². The first-order valence-electron chi connectivity index (χ1n) is 10.8. The fourth-order valence-corrected chi connectivity index (χ4v) is 5.04. The van der Waals surface area contributed by atoms with Crippen LogP contribution in [0.3, 0.4) is 0 Å². The van der Waals surface area contributed by atoms with Crippen molar-refractivity contribution in [3.05, 3.63) is 65.3 Å². The summed E-state index contributed by atoms with van der Waals surface area (Å²) in [6, 6.07) is 14.2. The van der Waals surface area contributed by atoms with Gasteiger partial charge in [-0.3, -0.25) is 14.3 Å². The minimum absolute atomic E-state index is 0.0670. The van der Waals surface area contributed by atoms with Crippen LogP contribution in [0.25, 0.3) is 10.4 Å². The van der Waals surface area contributed by atoms with Crippen LogP contribution in [0.5, 0.6) is 0 Å². The van der Waals surface area contributed by atoms with Crippen LogP contribution in [-0.2, 0) is 18.3 Å². The zero-order valence-corrected chi connectivity index (χ0v) is 18.8. The number of carbonyl (C=O) groups is 2. The van der Waals surface area contributed by atoms with Crippen LogP contribution in [0, 0.1) is 5.92 Å². The van der Waals surface area contributed by atoms with E-state index in [9.17, 15) is 9.59 Å². The van der Waals surface area contributed by atoms with Crippen molar-refractivity contribution < 1.29 is 9.59 Å². The molecule has 0 bridgehead atoms. The Kier molecular flexibility index (Phi) is 6.51. The largest absolute Gasteiger partial charge is 0.341 e. The summed E-state index contributed by atoms with van der Waals surface area (Å²) in [6.07, 6.45) is 3.15. The summed E-state index contributed by atoms with van der Waals surface area (Å²) in [4.78, 5) is 31.6. The van der Waals surface area contributed by atoms with E-state index in [-0.39, 0.29) is 17.7 Å². The molecular formula is C24H28N4O2S. The standard InChI is InChI=1S/C24H28N4O2S/c1-3-12-27-13-14-28(24(30)21-10-11-25-26(21)2)17-19(23(27)29)16-18-7-4-5-8-20(18)22-9-6-15-31-22/h4-11,15,19H,3,12-14,16-17H2,1-2H3. The number of aryl methyl sites for hydroxylation is 1. The fourth-order valence-electron chi connectivity index (χ4n) is 4.26. The van der Waals surface area contributed by atoms with E-state index in [2.05, 4.69) is 35.6 Å². The molecule has 0 aliphatic carbocycles. The maximum absolute atomic E-state index is 13.4. The third kappa shape index (κ3) is 4.56. The summed E-state index contributed by atoms with van der Waals surface area (Å²) in [7, 11) is 1.77. The lowest BCUT2D eigenvalue weighted by molar-refractivity contribution is -0.134. The summed E-state index contributed by atoms with van der Waals surface area (Å²) < 4.78 is 1.60. The average Bonchev–Trinajstić information content (AvgIpc) is 3.43. The maximum Gasteiger partial charge on any atom is 0.272 e. The van der Waals surface area contributed by atoms with Crippen molar-refractivity contribution in [1.82, 2.24) is 19.6 Å². The molecule has 0 radical (unpaired) electrons. The average molecular weight is 437 g/mol. The van der Waals surface area contributed by atoms with E-state index in [1.165, 1.54) is 10.4 Å². The van der Waals surface area contributed by atoms with Gasteiger partial charge in [-0.1, -0.05) is 37.3 Å². The van der Waals surface area contributed by atoms with Gasteiger partial charge in [-0.25, -0.2) is 0 Å². The van der Waals surface area contributed by atoms with Gasteiger partial charge in [0, 0.05) is 44.3 Å². The van der Waals surface area contributed by atoms with Crippen molar-refractivity contribution in [3.63, 3.8) is 0 Å². The Morgan fingerprint density at radius 1 is 1.16 bits per heavy atom. The van der Waals surface area contributed by atoms with E-state index in [0.29, 0.717) is 31.7 Å². The normalized spacial score (nSPS) is 17.1. The summed E-state index contributed by atoms with van der Waals surface area (Å²) >= 11 is 1.70. The molecule has 3 heterocycles. The molecule has 2 aromatic heterocycles. The number of hydrogen-bond acceptors (Lipinski definition) is 4. The Morgan fingerprint density at radius 3 is 2.71 bits per heavy atom. The molecule has 1 aliphatic heterocycles. The molecule has 7 heteroatoms. The number of thiophene rings is 1. The SMILES string of the molecule is CCCN1CCN(C(=O)c2ccnn2C)CC(Cc2ccccc2-c2cccs2)C1=O. The number of amides is 2. The lowest BCUT2D eigenvalue weighted by Crippen LogP contribution is -2.38. The highest BCUT2D eigenvalue weighted by molar-refractivity contribution is 7.13. The Morgan fingerprint density at radius 2 is 2.00 bits per heavy atom. The Labute approximate surface area is 187 Å². The summed E-state index contributed by atoms with van der Waals surface area (Å²) in [5.74, 6) is -0.196. The van der Waals surface area contributed by atoms with E-state index in [4.69, 9.17) is 0 Å². The van der Waals surface area contributed by atoms with E-state index in [1.54, 1.807) is 35.3 Å². The monoisotopic (exact) mass is 436 g/mol. The first kappa shape index (κ1) is 21.3. The number of rotatable bonds is 6. The van der Waals surface area contributed by atoms with E-state index in [0.717, 1.165) is 18.5 Å². The molecule has 1 saturated heterocycles. The first-order chi connectivity index (χ1) is 15.1. The quantitative estimate of drug-likeness (QED) is 0.592. The van der Waals surface area contributed by atoms with Gasteiger partial charge in [-0.05, 0) is 41.5 Å². The minimum atomic E-state index is -0.271. The second kappa shape index (κ2) is 9.47. The minimum Gasteiger partial charge on any atom is -0.341 e. The van der Waals surface area contributed by atoms with Gasteiger partial charge < -0.3 is 9.80 Å². The summed E-state index contributed by atoms with van der Waals surface area (Å²) in [5.41, 5.74) is 2.87. The van der Waals surface area contributed by atoms with Gasteiger partial charge in [-0.2, -0.15) is 5.10 Å². The van der Waals surface area contributed by atoms with Crippen molar-refractivity contribution in [2.75, 3.05) is 26.2 Å². The van der Waals surface area contributed by atoms with Crippen LogP contribution in [0.1, 0.15) is 29.4 Å². The highest BCUT2D eigenvalue weighted by Crippen LogP contribution is 2.30. The van der Waals surface area contributed by atoms with Gasteiger partial charge in [0.2, 0.25) is 5.91 Å². The smallest absolute Gasteiger partial charge is 0.272 e. The number of nitrogens with zero attached hydrogens (tertiary/aromatic N) is 4. The fraction of sp³-hybridized carbons (Fsp3) is 0.375. The molecule has 0 saturated carbocycles. The highest BCUT2D eigenvalue weighted by Gasteiger charge is 2.33. The molecule has 1 aliphatic rings. The van der Waals surface area contributed by atoms with Gasteiger partial charge in [0.1, 0.15) is 5.69 Å². The molecular weight excluding hydrogens is 408 g/mol. The summed E-state index contributed by atoms with van der Waals surface area (Å²) in [6.45, 7) is 4.33. The van der Waals surface area contributed by atoms with Gasteiger partial charge >= 0.3 is 0 Å². The molecule has 3 aromatic rings. The summed E-state index contributed by atoms with van der Waals surface area (Å²) in [5, 5.41) is 6.20. The Balaban J connectivity index is 1.63. The Bertz CT molecular complexity index is 1040. The van der Waals surface area contributed by atoms with Crippen molar-refractivity contribution in [2.24, 2.45) is 13.0 Å². The van der Waals surface area contributed by atoms with Gasteiger partial charge in [0.05, 0.1) is 5.92 Å². The Hall–Kier alpha value is -2.93. The van der Waals surface area contributed by atoms with Crippen molar-refractivity contribution in [3.8, 4) is 10.4 Å². The third-order valence-electron chi connectivity index (χ3n) is 5.83. The van der Waals surface area contributed by atoms with Gasteiger partial charge in [0.15, 0.2) is 0 Å².